The summed E-state index contributed by atoms with van der Waals surface area (Å²) in [6, 6.07) is 11.0. The first kappa shape index (κ1) is 31.6. The Balaban J connectivity index is 1.18. The summed E-state index contributed by atoms with van der Waals surface area (Å²) in [4.78, 5) is 19.2. The van der Waals surface area contributed by atoms with E-state index in [2.05, 4.69) is 9.88 Å². The molecule has 1 atom stereocenters. The zero-order valence-corrected chi connectivity index (χ0v) is 25.5. The number of ether oxygens (including phenoxy) is 3. The lowest BCUT2D eigenvalue weighted by molar-refractivity contribution is 0.0976. The van der Waals surface area contributed by atoms with Crippen molar-refractivity contribution in [3.05, 3.63) is 77.6 Å². The number of piperidine rings is 1. The number of amides is 1. The number of hydrogen-bond donors (Lipinski definition) is 1. The Hall–Kier alpha value is -3.77. The second-order valence-electron chi connectivity index (χ2n) is 11.1. The number of pyridine rings is 1. The first-order chi connectivity index (χ1) is 21.2. The third kappa shape index (κ3) is 8.23. The van der Waals surface area contributed by atoms with Gasteiger partial charge in [0.1, 0.15) is 24.2 Å². The molecule has 3 aromatic rings. The molecule has 0 unspecified atom stereocenters. The van der Waals surface area contributed by atoms with Crippen molar-refractivity contribution in [3.8, 4) is 17.2 Å². The van der Waals surface area contributed by atoms with Gasteiger partial charge in [-0.05, 0) is 99.6 Å². The predicted octanol–water partition coefficient (Wildman–Crippen LogP) is 5.66. The Bertz CT molecular complexity index is 1530. The zero-order chi connectivity index (χ0) is 31.1. The van der Waals surface area contributed by atoms with Crippen molar-refractivity contribution < 1.29 is 36.2 Å². The van der Waals surface area contributed by atoms with Crippen LogP contribution in [0.4, 0.5) is 8.78 Å². The molecule has 5 rings (SSSR count). The third-order valence-electron chi connectivity index (χ3n) is 7.69. The van der Waals surface area contributed by atoms with Crippen LogP contribution in [-0.2, 0) is 10.0 Å². The highest BCUT2D eigenvalue weighted by Gasteiger charge is 2.26. The Morgan fingerprint density at radius 2 is 1.70 bits per heavy atom. The van der Waals surface area contributed by atoms with Crippen molar-refractivity contribution >= 4 is 15.9 Å². The number of hydrogen-bond acceptors (Lipinski definition) is 8. The summed E-state index contributed by atoms with van der Waals surface area (Å²) in [5.41, 5.74) is -0.281. The third-order valence-corrected chi connectivity index (χ3v) is 9.04. The molecule has 1 saturated heterocycles. The van der Waals surface area contributed by atoms with E-state index in [0.717, 1.165) is 31.8 Å². The standard InChI is InChI=1S/C32H37F2N3O6S/c1-2-28(27-14-10-24(20-35-27)42-21-22-6-7-22)43-29-15-13-26(30(33)31(29)34)32(38)36-44(39,40)25-11-8-23(9-12-25)41-19-18-37-16-4-3-5-17-37/h8-15,20,22,28H,2-7,16-19,21H2,1H3,(H,36,38)/t28-/m1/s1. The van der Waals surface area contributed by atoms with Gasteiger partial charge in [0.2, 0.25) is 5.82 Å². The Morgan fingerprint density at radius 1 is 0.977 bits per heavy atom. The van der Waals surface area contributed by atoms with E-state index in [0.29, 0.717) is 42.7 Å². The van der Waals surface area contributed by atoms with Gasteiger partial charge in [-0.15, -0.1) is 0 Å². The average molecular weight is 630 g/mol. The summed E-state index contributed by atoms with van der Waals surface area (Å²) < 4.78 is 74.6. The Kier molecular flexibility index (Phi) is 10.3. The molecular formula is C32H37F2N3O6S. The van der Waals surface area contributed by atoms with Gasteiger partial charge in [-0.1, -0.05) is 13.3 Å². The number of rotatable bonds is 14. The minimum Gasteiger partial charge on any atom is -0.492 e. The fourth-order valence-electron chi connectivity index (χ4n) is 4.90. The van der Waals surface area contributed by atoms with E-state index in [1.165, 1.54) is 56.4 Å². The normalized spacial score (nSPS) is 16.2. The molecule has 1 aliphatic heterocycles. The predicted molar refractivity (Wildman–Crippen MR) is 159 cm³/mol. The Morgan fingerprint density at radius 3 is 2.36 bits per heavy atom. The van der Waals surface area contributed by atoms with Crippen molar-refractivity contribution in [1.82, 2.24) is 14.6 Å². The minimum absolute atomic E-state index is 0.225. The molecular weight excluding hydrogens is 592 g/mol. The maximum absolute atomic E-state index is 15.0. The average Bonchev–Trinajstić information content (AvgIpc) is 3.86. The minimum atomic E-state index is -4.37. The van der Waals surface area contributed by atoms with Crippen LogP contribution in [0, 0.1) is 17.6 Å². The lowest BCUT2D eigenvalue weighted by atomic mass is 10.1. The Labute approximate surface area is 256 Å². The fraction of sp³-hybridized carbons (Fsp3) is 0.438. The number of nitrogens with one attached hydrogen (secondary N) is 1. The molecule has 1 N–H and O–H groups in total. The van der Waals surface area contributed by atoms with Gasteiger partial charge in [-0.3, -0.25) is 14.7 Å². The van der Waals surface area contributed by atoms with Crippen LogP contribution in [0.1, 0.15) is 67.6 Å². The van der Waals surface area contributed by atoms with Crippen LogP contribution < -0.4 is 18.9 Å². The van der Waals surface area contributed by atoms with Crippen LogP contribution in [0.3, 0.4) is 0 Å². The van der Waals surface area contributed by atoms with Gasteiger partial charge >= 0.3 is 0 Å². The highest BCUT2D eigenvalue weighted by atomic mass is 32.2. The van der Waals surface area contributed by atoms with Crippen molar-refractivity contribution in [2.75, 3.05) is 32.8 Å². The topological polar surface area (TPSA) is 107 Å². The molecule has 0 radical (unpaired) electrons. The number of carbonyl (C=O) groups excluding carboxylic acids is 1. The lowest BCUT2D eigenvalue weighted by Gasteiger charge is -2.26. The van der Waals surface area contributed by atoms with Gasteiger partial charge in [0, 0.05) is 6.54 Å². The molecule has 2 aliphatic rings. The maximum atomic E-state index is 15.0. The van der Waals surface area contributed by atoms with Crippen molar-refractivity contribution in [2.24, 2.45) is 5.92 Å². The summed E-state index contributed by atoms with van der Waals surface area (Å²) >= 11 is 0. The van der Waals surface area contributed by atoms with E-state index in [1.807, 2.05) is 0 Å². The van der Waals surface area contributed by atoms with Gasteiger partial charge in [0.15, 0.2) is 11.6 Å². The quantitative estimate of drug-likeness (QED) is 0.244. The molecule has 0 spiro atoms. The number of aromatic nitrogens is 1. The molecule has 2 heterocycles. The smallest absolute Gasteiger partial charge is 0.268 e. The lowest BCUT2D eigenvalue weighted by Crippen LogP contribution is -2.33. The van der Waals surface area contributed by atoms with Gasteiger partial charge in [0.05, 0.1) is 29.0 Å². The summed E-state index contributed by atoms with van der Waals surface area (Å²) in [5, 5.41) is 0. The first-order valence-electron chi connectivity index (χ1n) is 15.0. The van der Waals surface area contributed by atoms with Crippen LogP contribution in [0.25, 0.3) is 0 Å². The van der Waals surface area contributed by atoms with Crippen molar-refractivity contribution in [3.63, 3.8) is 0 Å². The fourth-order valence-corrected chi connectivity index (χ4v) is 5.86. The molecule has 0 bridgehead atoms. The largest absolute Gasteiger partial charge is 0.492 e. The van der Waals surface area contributed by atoms with E-state index in [-0.39, 0.29) is 4.90 Å². The highest BCUT2D eigenvalue weighted by molar-refractivity contribution is 7.90. The molecule has 236 valence electrons. The summed E-state index contributed by atoms with van der Waals surface area (Å²) in [7, 11) is -4.37. The number of likely N-dealkylation sites (tertiary alicyclic amines) is 1. The molecule has 1 amide bonds. The molecule has 1 aromatic heterocycles. The SMILES string of the molecule is CC[C@@H](Oc1ccc(C(=O)NS(=O)(=O)c2ccc(OCCN3CCCCC3)cc2)c(F)c1F)c1ccc(OCC2CC2)cn1. The second kappa shape index (κ2) is 14.3. The summed E-state index contributed by atoms with van der Waals surface area (Å²) in [6.45, 7) is 5.77. The van der Waals surface area contributed by atoms with Crippen molar-refractivity contribution in [1.29, 1.82) is 0 Å². The van der Waals surface area contributed by atoms with E-state index >= 15 is 4.39 Å². The van der Waals surface area contributed by atoms with Gasteiger partial charge in [-0.2, -0.15) is 4.39 Å². The van der Waals surface area contributed by atoms with Crippen LogP contribution >= 0.6 is 0 Å². The highest BCUT2D eigenvalue weighted by Crippen LogP contribution is 2.31. The molecule has 9 nitrogen and oxygen atoms in total. The van der Waals surface area contributed by atoms with Crippen LogP contribution in [0.2, 0.25) is 0 Å². The van der Waals surface area contributed by atoms with Crippen molar-refractivity contribution in [2.45, 2.75) is 56.4 Å². The summed E-state index contributed by atoms with van der Waals surface area (Å²) in [6.07, 6.45) is 7.19. The number of halogens is 2. The molecule has 1 saturated carbocycles. The molecule has 44 heavy (non-hydrogen) atoms. The molecule has 12 heteroatoms. The first-order valence-corrected chi connectivity index (χ1v) is 16.5. The van der Waals surface area contributed by atoms with Gasteiger partial charge in [0.25, 0.3) is 15.9 Å². The monoisotopic (exact) mass is 629 g/mol. The van der Waals surface area contributed by atoms with Crippen LogP contribution in [0.15, 0.2) is 59.6 Å². The number of sulfonamides is 1. The number of nitrogens with zero attached hydrogens (tertiary/aromatic N) is 2. The molecule has 1 aliphatic carbocycles. The van der Waals surface area contributed by atoms with Crippen LogP contribution in [0.5, 0.6) is 17.2 Å². The second-order valence-corrected chi connectivity index (χ2v) is 12.8. The van der Waals surface area contributed by atoms with Gasteiger partial charge in [-0.25, -0.2) is 17.5 Å². The molecule has 2 fully saturated rings. The maximum Gasteiger partial charge on any atom is 0.268 e. The van der Waals surface area contributed by atoms with E-state index in [4.69, 9.17) is 14.2 Å². The summed E-state index contributed by atoms with van der Waals surface area (Å²) in [5.74, 6) is -3.00. The zero-order valence-electron chi connectivity index (χ0n) is 24.6. The van der Waals surface area contributed by atoms with Gasteiger partial charge < -0.3 is 14.2 Å². The molecule has 2 aromatic carbocycles. The van der Waals surface area contributed by atoms with E-state index < -0.39 is 45.0 Å². The number of benzene rings is 2. The number of carbonyl (C=O) groups is 1. The van der Waals surface area contributed by atoms with E-state index in [1.54, 1.807) is 30.0 Å². The van der Waals surface area contributed by atoms with Crippen LogP contribution in [-0.4, -0.2) is 57.1 Å². The van der Waals surface area contributed by atoms with E-state index in [9.17, 15) is 17.6 Å².